The van der Waals surface area contributed by atoms with Crippen molar-refractivity contribution in [1.82, 2.24) is 0 Å². The molecule has 1 aliphatic carbocycles. The highest BCUT2D eigenvalue weighted by Crippen LogP contribution is 2.29. The molecule has 1 aromatic carbocycles. The van der Waals surface area contributed by atoms with Gasteiger partial charge < -0.3 is 14.8 Å². The smallest absolute Gasteiger partial charge is 0.223 e. The van der Waals surface area contributed by atoms with Crippen LogP contribution in [0.15, 0.2) is 52.0 Å². The van der Waals surface area contributed by atoms with Crippen LogP contribution in [0.2, 0.25) is 0 Å². The van der Waals surface area contributed by atoms with Crippen LogP contribution in [0.1, 0.15) is 6.92 Å². The molecule has 0 saturated carbocycles. The third-order valence-electron chi connectivity index (χ3n) is 3.39. The molecule has 108 valence electrons. The van der Waals surface area contributed by atoms with Gasteiger partial charge in [0.15, 0.2) is 0 Å². The van der Waals surface area contributed by atoms with E-state index in [4.69, 9.17) is 9.47 Å². The number of benzene rings is 1. The van der Waals surface area contributed by atoms with Crippen molar-refractivity contribution >= 4 is 17.4 Å². The monoisotopic (exact) mass is 283 g/mol. The third kappa shape index (κ3) is 2.67. The molecule has 1 heterocycles. The summed E-state index contributed by atoms with van der Waals surface area (Å²) < 4.78 is 10.6. The summed E-state index contributed by atoms with van der Waals surface area (Å²) in [6.07, 6.45) is 6.14. The second-order valence-electron chi connectivity index (χ2n) is 4.87. The third-order valence-corrected chi connectivity index (χ3v) is 3.39. The maximum Gasteiger partial charge on any atom is 0.223 e. The molecule has 0 spiro atoms. The van der Waals surface area contributed by atoms with Gasteiger partial charge in [-0.1, -0.05) is 17.7 Å². The van der Waals surface area contributed by atoms with Gasteiger partial charge in [-0.05, 0) is 25.1 Å². The molecule has 21 heavy (non-hydrogen) atoms. The number of hydrogen-bond acceptors (Lipinski definition) is 5. The highest BCUT2D eigenvalue weighted by Gasteiger charge is 2.21. The van der Waals surface area contributed by atoms with Gasteiger partial charge in [0.25, 0.3) is 0 Å². The van der Waals surface area contributed by atoms with Crippen LogP contribution in [-0.4, -0.2) is 31.9 Å². The number of ether oxygens (including phenoxy) is 2. The quantitative estimate of drug-likeness (QED) is 0.928. The molecule has 0 saturated heterocycles. The topological polar surface area (TPSA) is 55.2 Å². The Bertz CT molecular complexity index is 687. The Morgan fingerprint density at radius 2 is 2.00 bits per heavy atom. The minimum absolute atomic E-state index is 0.0155. The molecule has 0 aromatic heterocycles. The Hall–Kier alpha value is -2.56. The van der Waals surface area contributed by atoms with Gasteiger partial charge in [-0.2, -0.15) is 0 Å². The van der Waals surface area contributed by atoms with Gasteiger partial charge in [0, 0.05) is 6.07 Å². The second-order valence-corrected chi connectivity index (χ2v) is 4.87. The van der Waals surface area contributed by atoms with Gasteiger partial charge in [0.2, 0.25) is 5.96 Å². The van der Waals surface area contributed by atoms with Crippen molar-refractivity contribution in [2.45, 2.75) is 13.0 Å². The summed E-state index contributed by atoms with van der Waals surface area (Å²) in [5, 5.41) is 3.20. The summed E-state index contributed by atoms with van der Waals surface area (Å²) in [5.74, 6) is 2.02. The maximum atomic E-state index is 5.36. The van der Waals surface area contributed by atoms with E-state index in [1.54, 1.807) is 14.2 Å². The second kappa shape index (κ2) is 5.44. The van der Waals surface area contributed by atoms with Gasteiger partial charge in [-0.3, -0.25) is 0 Å². The molecule has 5 heteroatoms. The SMILES string of the molecule is COc1ccc(NC2=NC3C=C(C)C=CC3=N2)c(OC)c1. The lowest BCUT2D eigenvalue weighted by atomic mass is 10.0. The van der Waals surface area contributed by atoms with Crippen LogP contribution in [0.4, 0.5) is 5.69 Å². The fourth-order valence-electron chi connectivity index (χ4n) is 2.28. The Balaban J connectivity index is 1.84. The summed E-state index contributed by atoms with van der Waals surface area (Å²) >= 11 is 0. The first-order valence-electron chi connectivity index (χ1n) is 6.71. The van der Waals surface area contributed by atoms with Crippen molar-refractivity contribution in [3.8, 4) is 11.5 Å². The number of nitrogens with one attached hydrogen (secondary N) is 1. The lowest BCUT2D eigenvalue weighted by Gasteiger charge is -2.11. The first kappa shape index (κ1) is 13.4. The average Bonchev–Trinajstić information content (AvgIpc) is 2.89. The minimum atomic E-state index is 0.0155. The number of allylic oxidation sites excluding steroid dienone is 2. The fourth-order valence-corrected chi connectivity index (χ4v) is 2.28. The van der Waals surface area contributed by atoms with Crippen LogP contribution in [0.25, 0.3) is 0 Å². The van der Waals surface area contributed by atoms with E-state index >= 15 is 0 Å². The van der Waals surface area contributed by atoms with Gasteiger partial charge in [0.05, 0.1) is 25.6 Å². The predicted octanol–water partition coefficient (Wildman–Crippen LogP) is 2.81. The maximum absolute atomic E-state index is 5.36. The zero-order valence-electron chi connectivity index (χ0n) is 12.3. The standard InChI is InChI=1S/C16H17N3O2/c1-10-4-6-12-14(8-10)19-16(17-12)18-13-7-5-11(20-2)9-15(13)21-3/h4-9,14H,1-3H3,(H,18,19). The summed E-state index contributed by atoms with van der Waals surface area (Å²) in [4.78, 5) is 9.06. The van der Waals surface area contributed by atoms with E-state index in [0.717, 1.165) is 17.1 Å². The van der Waals surface area contributed by atoms with Gasteiger partial charge in [-0.25, -0.2) is 9.98 Å². The van der Waals surface area contributed by atoms with Crippen LogP contribution in [0.3, 0.4) is 0 Å². The number of fused-ring (bicyclic) bond motifs is 1. The fraction of sp³-hybridized carbons (Fsp3) is 0.250. The van der Waals surface area contributed by atoms with E-state index in [9.17, 15) is 0 Å². The van der Waals surface area contributed by atoms with Crippen molar-refractivity contribution in [2.75, 3.05) is 19.5 Å². The van der Waals surface area contributed by atoms with Gasteiger partial charge in [-0.15, -0.1) is 0 Å². The number of rotatable bonds is 3. The minimum Gasteiger partial charge on any atom is -0.497 e. The number of guanidine groups is 1. The Kier molecular flexibility index (Phi) is 3.48. The van der Waals surface area contributed by atoms with Crippen molar-refractivity contribution in [2.24, 2.45) is 9.98 Å². The van der Waals surface area contributed by atoms with E-state index in [-0.39, 0.29) is 6.04 Å². The lowest BCUT2D eigenvalue weighted by Crippen LogP contribution is -2.13. The Morgan fingerprint density at radius 3 is 2.76 bits per heavy atom. The van der Waals surface area contributed by atoms with E-state index < -0.39 is 0 Å². The summed E-state index contributed by atoms with van der Waals surface area (Å²) in [5.41, 5.74) is 2.96. The van der Waals surface area contributed by atoms with Crippen molar-refractivity contribution < 1.29 is 9.47 Å². The van der Waals surface area contributed by atoms with Crippen LogP contribution in [0, 0.1) is 0 Å². The summed E-state index contributed by atoms with van der Waals surface area (Å²) in [6, 6.07) is 5.59. The first-order valence-corrected chi connectivity index (χ1v) is 6.71. The van der Waals surface area contributed by atoms with Crippen LogP contribution >= 0.6 is 0 Å². The molecule has 0 amide bonds. The number of nitrogens with zero attached hydrogens (tertiary/aromatic N) is 2. The molecule has 0 fully saturated rings. The highest BCUT2D eigenvalue weighted by molar-refractivity contribution is 6.16. The lowest BCUT2D eigenvalue weighted by molar-refractivity contribution is 0.395. The highest BCUT2D eigenvalue weighted by atomic mass is 16.5. The zero-order chi connectivity index (χ0) is 14.8. The zero-order valence-corrected chi connectivity index (χ0v) is 12.3. The van der Waals surface area contributed by atoms with Crippen molar-refractivity contribution in [1.29, 1.82) is 0 Å². The molecule has 3 rings (SSSR count). The van der Waals surface area contributed by atoms with Crippen LogP contribution < -0.4 is 14.8 Å². The van der Waals surface area contributed by atoms with Crippen molar-refractivity contribution in [3.05, 3.63) is 42.0 Å². The number of anilines is 1. The first-order chi connectivity index (χ1) is 10.2. The van der Waals surface area contributed by atoms with Crippen LogP contribution in [0.5, 0.6) is 11.5 Å². The Morgan fingerprint density at radius 1 is 1.14 bits per heavy atom. The molecule has 1 unspecified atom stereocenters. The summed E-state index contributed by atoms with van der Waals surface area (Å²) in [6.45, 7) is 2.06. The van der Waals surface area contributed by atoms with E-state index in [1.807, 2.05) is 30.4 Å². The molecule has 1 aromatic rings. The average molecular weight is 283 g/mol. The molecule has 1 N–H and O–H groups in total. The molecule has 1 aliphatic heterocycles. The molecular formula is C16H17N3O2. The van der Waals surface area contributed by atoms with E-state index in [1.165, 1.54) is 5.57 Å². The molecule has 0 bridgehead atoms. The van der Waals surface area contributed by atoms with Gasteiger partial charge in [0.1, 0.15) is 17.5 Å². The molecular weight excluding hydrogens is 266 g/mol. The van der Waals surface area contributed by atoms with Crippen molar-refractivity contribution in [3.63, 3.8) is 0 Å². The number of methoxy groups -OCH3 is 2. The normalized spacial score (nSPS) is 19.4. The predicted molar refractivity (Wildman–Crippen MR) is 84.7 cm³/mol. The summed E-state index contributed by atoms with van der Waals surface area (Å²) in [7, 11) is 3.25. The number of aliphatic imine (C=N–C) groups is 2. The molecule has 0 radical (unpaired) electrons. The molecule has 5 nitrogen and oxygen atoms in total. The van der Waals surface area contributed by atoms with E-state index in [2.05, 4.69) is 28.3 Å². The molecule has 2 aliphatic rings. The Labute approximate surface area is 123 Å². The van der Waals surface area contributed by atoms with E-state index in [0.29, 0.717) is 11.7 Å². The molecule has 1 atom stereocenters. The largest absolute Gasteiger partial charge is 0.497 e. The van der Waals surface area contributed by atoms with Crippen LogP contribution in [-0.2, 0) is 0 Å². The van der Waals surface area contributed by atoms with Gasteiger partial charge >= 0.3 is 0 Å². The number of hydrogen-bond donors (Lipinski definition) is 1.